The Morgan fingerprint density at radius 3 is 2.68 bits per heavy atom. The zero-order valence-electron chi connectivity index (χ0n) is 15.4. The lowest BCUT2D eigenvalue weighted by atomic mass is 10.2. The molecule has 3 rings (SSSR count). The quantitative estimate of drug-likeness (QED) is 0.308. The lowest BCUT2D eigenvalue weighted by Crippen LogP contribution is -2.30. The molecule has 3 aromatic rings. The fraction of sp³-hybridized carbons (Fsp3) is 0.286. The van der Waals surface area contributed by atoms with E-state index in [9.17, 15) is 9.59 Å². The fourth-order valence-corrected chi connectivity index (χ4v) is 4.35. The van der Waals surface area contributed by atoms with Gasteiger partial charge in [-0.25, -0.2) is 4.98 Å². The molecule has 0 saturated carbocycles. The van der Waals surface area contributed by atoms with E-state index in [2.05, 4.69) is 10.3 Å². The van der Waals surface area contributed by atoms with Gasteiger partial charge in [-0.1, -0.05) is 30.3 Å². The second kappa shape index (κ2) is 10.8. The first-order chi connectivity index (χ1) is 13.7. The van der Waals surface area contributed by atoms with Gasteiger partial charge in [0.25, 0.3) is 5.91 Å². The highest BCUT2D eigenvalue weighted by molar-refractivity contribution is 7.99. The van der Waals surface area contributed by atoms with Crippen molar-refractivity contribution in [2.75, 3.05) is 18.9 Å². The third kappa shape index (κ3) is 6.65. The van der Waals surface area contributed by atoms with Gasteiger partial charge in [-0.15, -0.1) is 23.1 Å². The van der Waals surface area contributed by atoms with E-state index in [-0.39, 0.29) is 24.9 Å². The number of aromatic nitrogens is 1. The minimum Gasteiger partial charge on any atom is -0.456 e. The van der Waals surface area contributed by atoms with E-state index in [1.54, 1.807) is 23.1 Å². The number of amides is 1. The van der Waals surface area contributed by atoms with Crippen LogP contribution in [0.4, 0.5) is 0 Å². The van der Waals surface area contributed by atoms with Gasteiger partial charge >= 0.3 is 5.97 Å². The summed E-state index contributed by atoms with van der Waals surface area (Å²) in [5.41, 5.74) is 0.993. The number of thioether (sulfide) groups is 1. The van der Waals surface area contributed by atoms with Crippen LogP contribution in [0.25, 0.3) is 10.2 Å². The van der Waals surface area contributed by atoms with Crippen molar-refractivity contribution < 1.29 is 14.3 Å². The number of thiazole rings is 1. The molecular weight excluding hydrogens is 392 g/mol. The van der Waals surface area contributed by atoms with E-state index in [0.717, 1.165) is 32.3 Å². The molecule has 0 unspecified atom stereocenters. The first kappa shape index (κ1) is 20.4. The fourth-order valence-electron chi connectivity index (χ4n) is 2.56. The molecule has 0 saturated heterocycles. The third-order valence-electron chi connectivity index (χ3n) is 3.91. The van der Waals surface area contributed by atoms with Crippen molar-refractivity contribution in [3.63, 3.8) is 0 Å². The molecule has 1 amide bonds. The number of carbonyl (C=O) groups excluding carboxylic acids is 2. The monoisotopic (exact) mass is 414 g/mol. The Hall–Kier alpha value is -2.38. The van der Waals surface area contributed by atoms with Crippen molar-refractivity contribution in [2.45, 2.75) is 24.2 Å². The number of nitrogens with one attached hydrogen (secondary N) is 1. The summed E-state index contributed by atoms with van der Waals surface area (Å²) < 4.78 is 6.20. The Labute approximate surface area is 172 Å². The zero-order valence-corrected chi connectivity index (χ0v) is 17.1. The van der Waals surface area contributed by atoms with Crippen molar-refractivity contribution in [1.82, 2.24) is 10.3 Å². The van der Waals surface area contributed by atoms with E-state index >= 15 is 0 Å². The number of aryl methyl sites for hydroxylation is 1. The average molecular weight is 415 g/mol. The number of benzene rings is 2. The molecule has 146 valence electrons. The standard InChI is InChI=1S/C21H22N2O3S2/c24-19(22-13-14-27-16-7-2-1-3-8-16)15-26-21(25)12-6-11-20-23-17-9-4-5-10-18(17)28-20/h1-5,7-10H,6,11-15H2,(H,22,24). The molecule has 1 aromatic heterocycles. The molecule has 5 nitrogen and oxygen atoms in total. The summed E-state index contributed by atoms with van der Waals surface area (Å²) in [6, 6.07) is 18.0. The van der Waals surface area contributed by atoms with Gasteiger partial charge in [0.05, 0.1) is 15.2 Å². The van der Waals surface area contributed by atoms with Crippen LogP contribution >= 0.6 is 23.1 Å². The Morgan fingerprint density at radius 2 is 1.86 bits per heavy atom. The molecule has 0 aliphatic carbocycles. The third-order valence-corrected chi connectivity index (χ3v) is 6.02. The zero-order chi connectivity index (χ0) is 19.6. The van der Waals surface area contributed by atoms with Crippen LogP contribution in [0.5, 0.6) is 0 Å². The van der Waals surface area contributed by atoms with Gasteiger partial charge in [0, 0.05) is 23.6 Å². The highest BCUT2D eigenvalue weighted by Crippen LogP contribution is 2.22. The number of ether oxygens (including phenoxy) is 1. The molecule has 7 heteroatoms. The molecule has 0 radical (unpaired) electrons. The van der Waals surface area contributed by atoms with Crippen molar-refractivity contribution >= 4 is 45.2 Å². The van der Waals surface area contributed by atoms with Crippen LogP contribution < -0.4 is 5.32 Å². The molecule has 0 spiro atoms. The maximum absolute atomic E-state index is 11.8. The summed E-state index contributed by atoms with van der Waals surface area (Å²) in [5, 5.41) is 3.78. The average Bonchev–Trinajstić information content (AvgIpc) is 3.13. The largest absolute Gasteiger partial charge is 0.456 e. The van der Waals surface area contributed by atoms with Crippen LogP contribution in [0.3, 0.4) is 0 Å². The smallest absolute Gasteiger partial charge is 0.306 e. The van der Waals surface area contributed by atoms with E-state index in [1.807, 2.05) is 54.6 Å². The first-order valence-electron chi connectivity index (χ1n) is 9.15. The number of carbonyl (C=O) groups is 2. The number of hydrogen-bond acceptors (Lipinski definition) is 6. The van der Waals surface area contributed by atoms with E-state index < -0.39 is 0 Å². The summed E-state index contributed by atoms with van der Waals surface area (Å²) in [6.45, 7) is 0.309. The Balaban J connectivity index is 1.26. The van der Waals surface area contributed by atoms with Crippen LogP contribution in [0.15, 0.2) is 59.5 Å². The molecule has 0 atom stereocenters. The number of nitrogens with zero attached hydrogens (tertiary/aromatic N) is 1. The Morgan fingerprint density at radius 1 is 1.07 bits per heavy atom. The van der Waals surface area contributed by atoms with Gasteiger partial charge < -0.3 is 10.1 Å². The van der Waals surface area contributed by atoms with Crippen LogP contribution in [0.1, 0.15) is 17.8 Å². The molecule has 0 bridgehead atoms. The van der Waals surface area contributed by atoms with Gasteiger partial charge in [-0.05, 0) is 37.1 Å². The minimum atomic E-state index is -0.352. The van der Waals surface area contributed by atoms with Crippen LogP contribution in [-0.4, -0.2) is 35.8 Å². The Bertz CT molecular complexity index is 879. The maximum atomic E-state index is 11.8. The summed E-state index contributed by atoms with van der Waals surface area (Å²) in [5.74, 6) is 0.148. The van der Waals surface area contributed by atoms with Crippen molar-refractivity contribution in [1.29, 1.82) is 0 Å². The highest BCUT2D eigenvalue weighted by atomic mass is 32.2. The summed E-state index contributed by atoms with van der Waals surface area (Å²) in [6.07, 6.45) is 1.68. The number of para-hydroxylation sites is 1. The summed E-state index contributed by atoms with van der Waals surface area (Å²) >= 11 is 3.32. The predicted octanol–water partition coefficient (Wildman–Crippen LogP) is 4.07. The normalized spacial score (nSPS) is 10.7. The topological polar surface area (TPSA) is 68.3 Å². The predicted molar refractivity (Wildman–Crippen MR) is 114 cm³/mol. The molecule has 2 aromatic carbocycles. The second-order valence-corrected chi connectivity index (χ2v) is 8.38. The molecule has 1 N–H and O–H groups in total. The molecule has 0 aliphatic rings. The molecule has 0 aliphatic heterocycles. The van der Waals surface area contributed by atoms with Gasteiger partial charge in [0.1, 0.15) is 0 Å². The highest BCUT2D eigenvalue weighted by Gasteiger charge is 2.09. The summed E-state index contributed by atoms with van der Waals surface area (Å²) in [4.78, 5) is 29.3. The van der Waals surface area contributed by atoms with Gasteiger partial charge in [0.15, 0.2) is 6.61 Å². The van der Waals surface area contributed by atoms with Gasteiger partial charge in [-0.2, -0.15) is 0 Å². The van der Waals surface area contributed by atoms with Crippen LogP contribution in [-0.2, 0) is 20.7 Å². The first-order valence-corrected chi connectivity index (χ1v) is 11.0. The van der Waals surface area contributed by atoms with Crippen molar-refractivity contribution in [3.05, 3.63) is 59.6 Å². The summed E-state index contributed by atoms with van der Waals surface area (Å²) in [7, 11) is 0. The molecule has 0 fully saturated rings. The van der Waals surface area contributed by atoms with Crippen molar-refractivity contribution in [3.8, 4) is 0 Å². The van der Waals surface area contributed by atoms with Gasteiger partial charge in [-0.3, -0.25) is 9.59 Å². The van der Waals surface area contributed by atoms with Crippen LogP contribution in [0.2, 0.25) is 0 Å². The number of hydrogen-bond donors (Lipinski definition) is 1. The maximum Gasteiger partial charge on any atom is 0.306 e. The van der Waals surface area contributed by atoms with Gasteiger partial charge in [0.2, 0.25) is 0 Å². The minimum absolute atomic E-state index is 0.226. The molecule has 28 heavy (non-hydrogen) atoms. The van der Waals surface area contributed by atoms with Crippen LogP contribution in [0, 0.1) is 0 Å². The van der Waals surface area contributed by atoms with E-state index in [1.165, 1.54) is 0 Å². The lowest BCUT2D eigenvalue weighted by Gasteiger charge is -2.06. The van der Waals surface area contributed by atoms with E-state index in [0.29, 0.717) is 13.0 Å². The molecule has 1 heterocycles. The lowest BCUT2D eigenvalue weighted by molar-refractivity contribution is -0.148. The second-order valence-electron chi connectivity index (χ2n) is 6.10. The number of fused-ring (bicyclic) bond motifs is 1. The van der Waals surface area contributed by atoms with E-state index in [4.69, 9.17) is 4.74 Å². The number of esters is 1. The van der Waals surface area contributed by atoms with Crippen molar-refractivity contribution in [2.24, 2.45) is 0 Å². The Kier molecular flexibility index (Phi) is 7.87. The SMILES string of the molecule is O=C(COC(=O)CCCc1nc2ccccc2s1)NCCSc1ccccc1. The number of rotatable bonds is 10. The molecular formula is C21H22N2O3S2.